The van der Waals surface area contributed by atoms with Crippen molar-refractivity contribution in [3.63, 3.8) is 0 Å². The van der Waals surface area contributed by atoms with E-state index in [2.05, 4.69) is 21.2 Å². The highest BCUT2D eigenvalue weighted by molar-refractivity contribution is 9.09. The van der Waals surface area contributed by atoms with Gasteiger partial charge in [0, 0.05) is 5.33 Å². The first-order valence-electron chi connectivity index (χ1n) is 4.70. The lowest BCUT2D eigenvalue weighted by Gasteiger charge is -2.22. The van der Waals surface area contributed by atoms with Gasteiger partial charge in [0.2, 0.25) is 0 Å². The first-order chi connectivity index (χ1) is 5.43. The van der Waals surface area contributed by atoms with Gasteiger partial charge < -0.3 is 5.32 Å². The molecule has 0 amide bonds. The minimum atomic E-state index is 1.02. The summed E-state index contributed by atoms with van der Waals surface area (Å²) in [6.45, 7) is 2.50. The molecule has 1 aliphatic heterocycles. The molecule has 0 bridgehead atoms. The van der Waals surface area contributed by atoms with Crippen LogP contribution in [0.15, 0.2) is 0 Å². The lowest BCUT2D eigenvalue weighted by atomic mass is 9.93. The van der Waals surface area contributed by atoms with Crippen LogP contribution in [-0.2, 0) is 0 Å². The SMILES string of the molecule is BrCCCCC1CCNCC1. The van der Waals surface area contributed by atoms with Gasteiger partial charge in [-0.15, -0.1) is 0 Å². The molecular weight excluding hydrogens is 202 g/mol. The van der Waals surface area contributed by atoms with Crippen molar-refractivity contribution in [2.75, 3.05) is 18.4 Å². The molecule has 0 aromatic heterocycles. The van der Waals surface area contributed by atoms with E-state index in [-0.39, 0.29) is 0 Å². The summed E-state index contributed by atoms with van der Waals surface area (Å²) >= 11 is 3.46. The number of alkyl halides is 1. The first kappa shape index (κ1) is 9.53. The Labute approximate surface area is 78.1 Å². The number of piperidine rings is 1. The molecule has 66 valence electrons. The van der Waals surface area contributed by atoms with Crippen molar-refractivity contribution in [3.8, 4) is 0 Å². The van der Waals surface area contributed by atoms with E-state index in [4.69, 9.17) is 0 Å². The molecule has 0 unspecified atom stereocenters. The Morgan fingerprint density at radius 3 is 2.55 bits per heavy atom. The Hall–Kier alpha value is 0.440. The minimum Gasteiger partial charge on any atom is -0.317 e. The van der Waals surface area contributed by atoms with E-state index in [0.29, 0.717) is 0 Å². The summed E-state index contributed by atoms with van der Waals surface area (Å²) in [6.07, 6.45) is 7.03. The smallest absolute Gasteiger partial charge is 0.00313 e. The summed E-state index contributed by atoms with van der Waals surface area (Å²) in [4.78, 5) is 0. The molecular formula is C9H18BrN. The number of unbranched alkanes of at least 4 members (excludes halogenated alkanes) is 1. The van der Waals surface area contributed by atoms with Crippen LogP contribution in [0.25, 0.3) is 0 Å². The van der Waals surface area contributed by atoms with Gasteiger partial charge >= 0.3 is 0 Å². The maximum Gasteiger partial charge on any atom is 0.00313 e. The molecule has 1 nitrogen and oxygen atoms in total. The van der Waals surface area contributed by atoms with Gasteiger partial charge in [-0.2, -0.15) is 0 Å². The molecule has 0 aromatic rings. The van der Waals surface area contributed by atoms with Gasteiger partial charge in [0.15, 0.2) is 0 Å². The van der Waals surface area contributed by atoms with Crippen molar-refractivity contribution in [1.82, 2.24) is 5.32 Å². The Bertz CT molecular complexity index is 89.6. The maximum atomic E-state index is 3.46. The van der Waals surface area contributed by atoms with Crippen LogP contribution in [0.4, 0.5) is 0 Å². The van der Waals surface area contributed by atoms with Crippen molar-refractivity contribution in [3.05, 3.63) is 0 Å². The number of hydrogen-bond donors (Lipinski definition) is 1. The molecule has 1 fully saturated rings. The Morgan fingerprint density at radius 2 is 1.91 bits per heavy atom. The molecule has 11 heavy (non-hydrogen) atoms. The number of hydrogen-bond acceptors (Lipinski definition) is 1. The molecule has 0 atom stereocenters. The van der Waals surface area contributed by atoms with E-state index in [0.717, 1.165) is 5.92 Å². The molecule has 1 rings (SSSR count). The minimum absolute atomic E-state index is 1.02. The fourth-order valence-corrected chi connectivity index (χ4v) is 2.09. The number of rotatable bonds is 4. The van der Waals surface area contributed by atoms with Crippen molar-refractivity contribution in [2.24, 2.45) is 5.92 Å². The van der Waals surface area contributed by atoms with E-state index >= 15 is 0 Å². The van der Waals surface area contributed by atoms with Crippen LogP contribution in [0.1, 0.15) is 32.1 Å². The topological polar surface area (TPSA) is 12.0 Å². The van der Waals surface area contributed by atoms with Gasteiger partial charge in [-0.3, -0.25) is 0 Å². The zero-order chi connectivity index (χ0) is 7.94. The predicted octanol–water partition coefficient (Wildman–Crippen LogP) is 2.55. The molecule has 0 radical (unpaired) electrons. The van der Waals surface area contributed by atoms with Gasteiger partial charge in [0.05, 0.1) is 0 Å². The van der Waals surface area contributed by atoms with E-state index < -0.39 is 0 Å². The summed E-state index contributed by atoms with van der Waals surface area (Å²) in [5.74, 6) is 1.02. The molecule has 0 aliphatic carbocycles. The fourth-order valence-electron chi connectivity index (χ4n) is 1.70. The Morgan fingerprint density at radius 1 is 1.18 bits per heavy atom. The van der Waals surface area contributed by atoms with E-state index in [1.807, 2.05) is 0 Å². The van der Waals surface area contributed by atoms with Gasteiger partial charge in [-0.05, 0) is 38.3 Å². The molecule has 0 saturated carbocycles. The third kappa shape index (κ3) is 4.12. The highest BCUT2D eigenvalue weighted by atomic mass is 79.9. The largest absolute Gasteiger partial charge is 0.317 e. The monoisotopic (exact) mass is 219 g/mol. The second kappa shape index (κ2) is 6.01. The Balaban J connectivity index is 1.96. The molecule has 1 aliphatic rings. The summed E-state index contributed by atoms with van der Waals surface area (Å²) in [5, 5.41) is 4.57. The predicted molar refractivity (Wildman–Crippen MR) is 53.2 cm³/mol. The van der Waals surface area contributed by atoms with Crippen molar-refractivity contribution >= 4 is 15.9 Å². The molecule has 1 N–H and O–H groups in total. The number of nitrogens with one attached hydrogen (secondary N) is 1. The van der Waals surface area contributed by atoms with Crippen LogP contribution < -0.4 is 5.32 Å². The Kier molecular flexibility index (Phi) is 5.21. The molecule has 0 spiro atoms. The van der Waals surface area contributed by atoms with Crippen molar-refractivity contribution < 1.29 is 0 Å². The van der Waals surface area contributed by atoms with Gasteiger partial charge in [-0.25, -0.2) is 0 Å². The average Bonchev–Trinajstić information content (AvgIpc) is 2.07. The molecule has 1 saturated heterocycles. The van der Waals surface area contributed by atoms with Crippen LogP contribution in [0.5, 0.6) is 0 Å². The summed E-state index contributed by atoms with van der Waals surface area (Å²) < 4.78 is 0. The fraction of sp³-hybridized carbons (Fsp3) is 1.00. The standard InChI is InChI=1S/C9H18BrN/c10-6-2-1-3-9-4-7-11-8-5-9/h9,11H,1-8H2. The van der Waals surface area contributed by atoms with Crippen LogP contribution >= 0.6 is 15.9 Å². The molecule has 0 aromatic carbocycles. The second-order valence-electron chi connectivity index (χ2n) is 3.38. The van der Waals surface area contributed by atoms with E-state index in [1.54, 1.807) is 0 Å². The summed E-state index contributed by atoms with van der Waals surface area (Å²) in [6, 6.07) is 0. The second-order valence-corrected chi connectivity index (χ2v) is 4.17. The van der Waals surface area contributed by atoms with Crippen molar-refractivity contribution in [1.29, 1.82) is 0 Å². The summed E-state index contributed by atoms with van der Waals surface area (Å²) in [7, 11) is 0. The highest BCUT2D eigenvalue weighted by Crippen LogP contribution is 2.18. The van der Waals surface area contributed by atoms with Crippen LogP contribution in [-0.4, -0.2) is 18.4 Å². The van der Waals surface area contributed by atoms with Gasteiger partial charge in [0.1, 0.15) is 0 Å². The maximum absolute atomic E-state index is 3.46. The normalized spacial score (nSPS) is 20.5. The molecule has 1 heterocycles. The van der Waals surface area contributed by atoms with Gasteiger partial charge in [0.25, 0.3) is 0 Å². The van der Waals surface area contributed by atoms with Crippen LogP contribution in [0.3, 0.4) is 0 Å². The van der Waals surface area contributed by atoms with Gasteiger partial charge in [-0.1, -0.05) is 28.8 Å². The highest BCUT2D eigenvalue weighted by Gasteiger charge is 2.11. The van der Waals surface area contributed by atoms with E-state index in [1.165, 1.54) is 50.5 Å². The van der Waals surface area contributed by atoms with E-state index in [9.17, 15) is 0 Å². The first-order valence-corrected chi connectivity index (χ1v) is 5.82. The molecule has 2 heteroatoms. The lowest BCUT2D eigenvalue weighted by Crippen LogP contribution is -2.27. The van der Waals surface area contributed by atoms with Crippen LogP contribution in [0, 0.1) is 5.92 Å². The lowest BCUT2D eigenvalue weighted by molar-refractivity contribution is 0.346. The zero-order valence-electron chi connectivity index (χ0n) is 7.11. The number of halogens is 1. The van der Waals surface area contributed by atoms with Crippen LogP contribution in [0.2, 0.25) is 0 Å². The quantitative estimate of drug-likeness (QED) is 0.567. The average molecular weight is 220 g/mol. The third-order valence-electron chi connectivity index (χ3n) is 2.45. The van der Waals surface area contributed by atoms with Crippen molar-refractivity contribution in [2.45, 2.75) is 32.1 Å². The zero-order valence-corrected chi connectivity index (χ0v) is 8.70. The third-order valence-corrected chi connectivity index (χ3v) is 3.02. The summed E-state index contributed by atoms with van der Waals surface area (Å²) in [5.41, 5.74) is 0.